The van der Waals surface area contributed by atoms with Crippen LogP contribution in [0.2, 0.25) is 0 Å². The van der Waals surface area contributed by atoms with Gasteiger partial charge in [0.25, 0.3) is 0 Å². The third-order valence-electron chi connectivity index (χ3n) is 0.197. The quantitative estimate of drug-likeness (QED) is 0.479. The molecule has 0 N–H and O–H groups in total. The van der Waals surface area contributed by atoms with Crippen molar-refractivity contribution in [3.63, 3.8) is 0 Å². The monoisotopic (exact) mass is 337 g/mol. The number of hydrogen-bond donors (Lipinski definition) is 0. The van der Waals surface area contributed by atoms with Gasteiger partial charge in [0.15, 0.2) is 0 Å². The van der Waals surface area contributed by atoms with Crippen LogP contribution in [0.1, 0.15) is 0 Å². The van der Waals surface area contributed by atoms with Crippen molar-refractivity contribution in [1.29, 1.82) is 0 Å². The Morgan fingerprint density at radius 2 is 1.36 bits per heavy atom. The van der Waals surface area contributed by atoms with E-state index in [4.69, 9.17) is 0 Å². The van der Waals surface area contributed by atoms with Crippen LogP contribution in [0.5, 0.6) is 0 Å². The van der Waals surface area contributed by atoms with Crippen LogP contribution < -0.4 is 3.47 Å². The van der Waals surface area contributed by atoms with Gasteiger partial charge >= 0.3 is 51.3 Å². The van der Waals surface area contributed by atoms with Gasteiger partial charge in [-0.15, -0.1) is 0 Å². The Hall–Kier alpha value is 0.0596. The fourth-order valence-corrected chi connectivity index (χ4v) is 0.776. The average Bonchev–Trinajstić information content (AvgIpc) is 1.42. The Kier molecular flexibility index (Phi) is 6.16. The molecule has 88 valence electrons. The summed E-state index contributed by atoms with van der Waals surface area (Å²) >= 11 is -6.64. The molecule has 0 spiro atoms. The Balaban J connectivity index is 0. The molecule has 0 saturated carbocycles. The minimum atomic E-state index is -6.64. The van der Waals surface area contributed by atoms with Crippen molar-refractivity contribution in [2.75, 3.05) is 28.2 Å². The number of alkyl halides is 3. The van der Waals surface area contributed by atoms with Crippen molar-refractivity contribution in [2.24, 2.45) is 0 Å². The molecule has 0 heterocycles. The maximum atomic E-state index is 10.8. The first-order chi connectivity index (χ1) is 5.71. The number of rotatable bonds is 1. The molecule has 0 unspecified atom stereocenters. The van der Waals surface area contributed by atoms with Crippen molar-refractivity contribution in [2.45, 2.75) is 6.36 Å². The van der Waals surface area contributed by atoms with Gasteiger partial charge in [-0.05, 0) is 0 Å². The summed E-state index contributed by atoms with van der Waals surface area (Å²) in [4.78, 5) is 0. The molecule has 0 aliphatic carbocycles. The maximum absolute atomic E-state index is 10.8. The fraction of sp³-hybridized carbons (Fsp3) is 1.00. The van der Waals surface area contributed by atoms with E-state index >= 15 is 0 Å². The Bertz CT molecular complexity index is 247. The van der Waals surface area contributed by atoms with E-state index in [1.807, 2.05) is 0 Å². The molecule has 0 aromatic carbocycles. The van der Waals surface area contributed by atoms with Gasteiger partial charge in [0, 0.05) is 0 Å². The van der Waals surface area contributed by atoms with Gasteiger partial charge in [-0.25, -0.2) is 0 Å². The van der Waals surface area contributed by atoms with Crippen LogP contribution in [0.4, 0.5) is 13.2 Å². The van der Waals surface area contributed by atoms with Crippen LogP contribution in [0.25, 0.3) is 0 Å². The number of hydrogen-bond acceptors (Lipinski definition) is 4. The Morgan fingerprint density at radius 3 is 1.36 bits per heavy atom. The first kappa shape index (κ1) is 16.5. The van der Waals surface area contributed by atoms with Crippen molar-refractivity contribution in [3.05, 3.63) is 0 Å². The predicted molar refractivity (Wildman–Crippen MR) is 38.2 cm³/mol. The standard InChI is InChI=1S/C4H12N.CHF3O4Te/c1-5(2,3)4;2-1(3,4)8-9(5,6)7/h1-4H3;(H,5,6,7)/q+1;/p-1. The van der Waals surface area contributed by atoms with Gasteiger partial charge < -0.3 is 4.48 Å². The van der Waals surface area contributed by atoms with Gasteiger partial charge in [0.1, 0.15) is 0 Å². The third kappa shape index (κ3) is 40.2. The summed E-state index contributed by atoms with van der Waals surface area (Å²) in [6, 6.07) is 0. The molecule has 0 rings (SSSR count). The zero-order chi connectivity index (χ0) is 12.2. The predicted octanol–water partition coefficient (Wildman–Crippen LogP) is -0.498. The fourth-order valence-electron chi connectivity index (χ4n) is 0.116. The summed E-state index contributed by atoms with van der Waals surface area (Å²) in [6.07, 6.45) is -5.37. The normalized spacial score (nSPS) is 13.1. The van der Waals surface area contributed by atoms with Gasteiger partial charge in [-0.3, -0.25) is 0 Å². The second-order valence-electron chi connectivity index (χ2n) is 3.62. The number of nitrogens with zero attached hydrogens (tertiary/aromatic N) is 1. The van der Waals surface area contributed by atoms with E-state index < -0.39 is 25.3 Å². The molecule has 5 nitrogen and oxygen atoms in total. The molecule has 0 amide bonds. The van der Waals surface area contributed by atoms with Gasteiger partial charge in [-0.2, -0.15) is 0 Å². The molecule has 0 bridgehead atoms. The summed E-state index contributed by atoms with van der Waals surface area (Å²) in [5.41, 5.74) is 0. The van der Waals surface area contributed by atoms with Crippen LogP contribution in [0.15, 0.2) is 0 Å². The van der Waals surface area contributed by atoms with Crippen molar-refractivity contribution >= 4 is 19.0 Å². The molecule has 0 aliphatic heterocycles. The van der Waals surface area contributed by atoms with Crippen molar-refractivity contribution < 1.29 is 30.4 Å². The molecular weight excluding hydrogens is 323 g/mol. The summed E-state index contributed by atoms with van der Waals surface area (Å²) in [5.74, 6) is 0. The minimum absolute atomic E-state index is 1.00. The van der Waals surface area contributed by atoms with Crippen LogP contribution in [-0.4, -0.2) is 58.0 Å². The second-order valence-corrected chi connectivity index (χ2v) is 6.43. The van der Waals surface area contributed by atoms with E-state index in [1.54, 1.807) is 0 Å². The summed E-state index contributed by atoms with van der Waals surface area (Å²) in [5, 5.41) is 0. The van der Waals surface area contributed by atoms with Crippen LogP contribution in [0.3, 0.4) is 0 Å². The second kappa shape index (κ2) is 5.23. The molecule has 0 aliphatic rings. The number of quaternary nitrogens is 1. The van der Waals surface area contributed by atoms with Crippen molar-refractivity contribution in [1.82, 2.24) is 0 Å². The molecule has 0 radical (unpaired) electrons. The summed E-state index contributed by atoms with van der Waals surface area (Å²) < 4.78 is 63.2. The van der Waals surface area contributed by atoms with E-state index in [-0.39, 0.29) is 0 Å². The van der Waals surface area contributed by atoms with E-state index in [0.29, 0.717) is 0 Å². The third-order valence-corrected chi connectivity index (χ3v) is 1.32. The van der Waals surface area contributed by atoms with Crippen LogP contribution in [-0.2, 0) is 9.31 Å². The average molecular weight is 335 g/mol. The number of halogens is 3. The summed E-state index contributed by atoms with van der Waals surface area (Å²) in [6.45, 7) is 0. The zero-order valence-corrected chi connectivity index (χ0v) is 10.5. The zero-order valence-electron chi connectivity index (χ0n) is 8.12. The first-order valence-electron chi connectivity index (χ1n) is 3.23. The topological polar surface area (TPSA) is 66.4 Å². The SMILES string of the molecule is C[N+](C)(C)C.O=[Te](=O)([O-])OC(F)(F)F. The van der Waals surface area contributed by atoms with Gasteiger partial charge in [0.05, 0.1) is 28.2 Å². The molecule has 9 heteroatoms. The van der Waals surface area contributed by atoms with E-state index in [0.717, 1.165) is 4.48 Å². The van der Waals surface area contributed by atoms with Crippen LogP contribution in [0, 0.1) is 0 Å². The van der Waals surface area contributed by atoms with E-state index in [9.17, 15) is 22.9 Å². The van der Waals surface area contributed by atoms with Crippen LogP contribution >= 0.6 is 0 Å². The molecule has 14 heavy (non-hydrogen) atoms. The summed E-state index contributed by atoms with van der Waals surface area (Å²) in [7, 11) is 8.50. The van der Waals surface area contributed by atoms with Gasteiger partial charge in [-0.1, -0.05) is 0 Å². The van der Waals surface area contributed by atoms with Gasteiger partial charge in [0.2, 0.25) is 0 Å². The molecule has 0 aromatic heterocycles. The first-order valence-corrected chi connectivity index (χ1v) is 7.03. The van der Waals surface area contributed by atoms with Crippen molar-refractivity contribution in [3.8, 4) is 0 Å². The molecule has 0 aromatic rings. The Labute approximate surface area is 84.3 Å². The molecule has 0 saturated heterocycles. The van der Waals surface area contributed by atoms with E-state index in [2.05, 4.69) is 31.3 Å². The molecule has 0 atom stereocenters. The molecular formula is C5H12F3NO4Te. The Morgan fingerprint density at radius 1 is 1.14 bits per heavy atom. The van der Waals surface area contributed by atoms with E-state index in [1.165, 1.54) is 0 Å². The molecule has 0 fully saturated rings.